The van der Waals surface area contributed by atoms with Gasteiger partial charge in [0.2, 0.25) is 0 Å². The second kappa shape index (κ2) is 2.42. The molecule has 0 aliphatic carbocycles. The summed E-state index contributed by atoms with van der Waals surface area (Å²) in [5.74, 6) is 0. The lowest BCUT2D eigenvalue weighted by molar-refractivity contribution is 1.66. The van der Waals surface area contributed by atoms with Gasteiger partial charge < -0.3 is 0 Å². The molecule has 2 aromatic rings. The summed E-state index contributed by atoms with van der Waals surface area (Å²) < 4.78 is 5.36. The lowest BCUT2D eigenvalue weighted by Crippen LogP contribution is -1.64. The molecule has 1 nitrogen and oxygen atoms in total. The predicted octanol–water partition coefficient (Wildman–Crippen LogP) is 3.29. The molecule has 50 valence electrons. The Labute approximate surface area is 70.4 Å². The lowest BCUT2D eigenvalue weighted by atomic mass is 10.3. The van der Waals surface area contributed by atoms with Gasteiger partial charge in [-0.1, -0.05) is 11.6 Å². The van der Waals surface area contributed by atoms with Crippen LogP contribution in [0.4, 0.5) is 0 Å². The van der Waals surface area contributed by atoms with Crippen LogP contribution in [0.5, 0.6) is 0 Å². The number of halogens is 1. The summed E-state index contributed by atoms with van der Waals surface area (Å²) in [6.45, 7) is 0. The van der Waals surface area contributed by atoms with Crippen molar-refractivity contribution in [2.24, 2.45) is 0 Å². The molecule has 0 unspecified atom stereocenters. The third-order valence-corrected chi connectivity index (χ3v) is 3.28. The molecule has 0 saturated heterocycles. The number of hydrogen-bond acceptors (Lipinski definition) is 2. The average Bonchev–Trinajstić information content (AvgIpc) is 2.33. The number of rotatable bonds is 0. The van der Waals surface area contributed by atoms with E-state index in [9.17, 15) is 0 Å². The Kier molecular flexibility index (Phi) is 1.56. The molecule has 2 rings (SSSR count). The first-order valence-corrected chi connectivity index (χ1v) is 5.19. The molecule has 0 fully saturated rings. The Morgan fingerprint density at radius 3 is 3.30 bits per heavy atom. The molecule has 0 aliphatic heterocycles. The largest absolute Gasteiger partial charge is 0.323 e. The topological polar surface area (TPSA) is 12.9 Å². The summed E-state index contributed by atoms with van der Waals surface area (Å²) >= 11 is 5.74. The standard InChI is InChI=1S/C6H3ClNS2/c7-4-1-2-6-5(3-4)8-10-9-6/h1-3H/q+1. The summed E-state index contributed by atoms with van der Waals surface area (Å²) in [6, 6.07) is 5.75. The van der Waals surface area contributed by atoms with Crippen LogP contribution < -0.4 is 0 Å². The number of benzene rings is 1. The molecule has 10 heavy (non-hydrogen) atoms. The van der Waals surface area contributed by atoms with Gasteiger partial charge in [0.15, 0.2) is 0 Å². The van der Waals surface area contributed by atoms with E-state index in [-0.39, 0.29) is 0 Å². The van der Waals surface area contributed by atoms with Crippen LogP contribution in [0, 0.1) is 0 Å². The van der Waals surface area contributed by atoms with E-state index in [0.29, 0.717) is 0 Å². The molecule has 0 spiro atoms. The molecule has 0 aliphatic rings. The van der Waals surface area contributed by atoms with Crippen molar-refractivity contribution in [2.45, 2.75) is 0 Å². The normalized spacial score (nSPS) is 10.5. The van der Waals surface area contributed by atoms with Crippen LogP contribution in [-0.4, -0.2) is 4.37 Å². The third kappa shape index (κ3) is 1.00. The summed E-state index contributed by atoms with van der Waals surface area (Å²) in [4.78, 5) is 0. The fourth-order valence-corrected chi connectivity index (χ4v) is 2.63. The minimum atomic E-state index is 0.755. The molecular formula is C6H3ClNS2+. The zero-order valence-corrected chi connectivity index (χ0v) is 7.26. The Bertz CT molecular complexity index is 357. The van der Waals surface area contributed by atoms with Crippen molar-refractivity contribution in [3.05, 3.63) is 23.2 Å². The number of fused-ring (bicyclic) bond motifs is 1. The van der Waals surface area contributed by atoms with E-state index in [1.807, 2.05) is 18.2 Å². The second-order valence-corrected chi connectivity index (χ2v) is 4.18. The fourth-order valence-electron chi connectivity index (χ4n) is 0.731. The van der Waals surface area contributed by atoms with Crippen molar-refractivity contribution in [1.29, 1.82) is 0 Å². The van der Waals surface area contributed by atoms with Crippen LogP contribution in [0.1, 0.15) is 0 Å². The Morgan fingerprint density at radius 1 is 1.50 bits per heavy atom. The number of nitrogens with zero attached hydrogens (tertiary/aromatic N) is 1. The van der Waals surface area contributed by atoms with Crippen LogP contribution >= 0.6 is 32.5 Å². The van der Waals surface area contributed by atoms with E-state index in [4.69, 9.17) is 11.6 Å². The number of hydrogen-bond donors (Lipinski definition) is 0. The molecule has 4 heteroatoms. The monoisotopic (exact) mass is 188 g/mol. The maximum absolute atomic E-state index is 5.74. The minimum Gasteiger partial charge on any atom is -0.135 e. The van der Waals surface area contributed by atoms with E-state index in [1.54, 1.807) is 10.3 Å². The van der Waals surface area contributed by atoms with Crippen LogP contribution in [-0.2, 0) is 0 Å². The second-order valence-electron chi connectivity index (χ2n) is 1.86. The van der Waals surface area contributed by atoms with Gasteiger partial charge in [-0.15, -0.1) is 4.37 Å². The van der Waals surface area contributed by atoms with E-state index in [2.05, 4.69) is 4.37 Å². The molecule has 0 radical (unpaired) electrons. The highest BCUT2D eigenvalue weighted by atomic mass is 35.5. The highest BCUT2D eigenvalue weighted by molar-refractivity contribution is 7.69. The molecule has 1 heterocycles. The summed E-state index contributed by atoms with van der Waals surface area (Å²) in [6.07, 6.45) is 0. The van der Waals surface area contributed by atoms with Crippen LogP contribution in [0.25, 0.3) is 10.2 Å². The van der Waals surface area contributed by atoms with E-state index >= 15 is 0 Å². The number of aromatic nitrogens is 1. The van der Waals surface area contributed by atoms with Gasteiger partial charge in [-0.25, -0.2) is 0 Å². The molecular weight excluding hydrogens is 186 g/mol. The lowest BCUT2D eigenvalue weighted by Gasteiger charge is -1.81. The molecule has 0 N–H and O–H groups in total. The Hall–Kier alpha value is -0.250. The first kappa shape index (κ1) is 6.46. The van der Waals surface area contributed by atoms with Gasteiger partial charge in [0.05, 0.1) is 0 Å². The first-order valence-electron chi connectivity index (χ1n) is 2.70. The van der Waals surface area contributed by atoms with Crippen molar-refractivity contribution in [3.63, 3.8) is 0 Å². The highest BCUT2D eigenvalue weighted by Crippen LogP contribution is 2.24. The van der Waals surface area contributed by atoms with Gasteiger partial charge in [-0.05, 0) is 12.1 Å². The van der Waals surface area contributed by atoms with Crippen molar-refractivity contribution in [1.82, 2.24) is 4.37 Å². The highest BCUT2D eigenvalue weighted by Gasteiger charge is 2.07. The fraction of sp³-hybridized carbons (Fsp3) is 0. The van der Waals surface area contributed by atoms with Crippen LogP contribution in [0.3, 0.4) is 0 Å². The van der Waals surface area contributed by atoms with Gasteiger partial charge in [0.1, 0.15) is 5.52 Å². The Morgan fingerprint density at radius 2 is 2.40 bits per heavy atom. The maximum Gasteiger partial charge on any atom is 0.323 e. The van der Waals surface area contributed by atoms with Gasteiger partial charge in [0.25, 0.3) is 15.2 Å². The summed E-state index contributed by atoms with van der Waals surface area (Å²) in [5.41, 5.74) is 1.00. The average molecular weight is 189 g/mol. The SMILES string of the molecule is Clc1ccc2[s+]snc2c1. The molecule has 1 aromatic heterocycles. The Balaban J connectivity index is 2.86. The summed E-state index contributed by atoms with van der Waals surface area (Å²) in [5, 5.41) is 0.755. The molecule has 0 atom stereocenters. The third-order valence-electron chi connectivity index (χ3n) is 1.18. The quantitative estimate of drug-likeness (QED) is 0.457. The zero-order valence-electron chi connectivity index (χ0n) is 4.87. The zero-order chi connectivity index (χ0) is 6.97. The van der Waals surface area contributed by atoms with Gasteiger partial charge >= 0.3 is 10.3 Å². The van der Waals surface area contributed by atoms with Gasteiger partial charge in [-0.2, -0.15) is 0 Å². The van der Waals surface area contributed by atoms with E-state index in [0.717, 1.165) is 10.5 Å². The first-order chi connectivity index (χ1) is 4.86. The van der Waals surface area contributed by atoms with Crippen molar-refractivity contribution < 1.29 is 0 Å². The molecule has 0 saturated carbocycles. The van der Waals surface area contributed by atoms with Gasteiger partial charge in [-0.3, -0.25) is 0 Å². The van der Waals surface area contributed by atoms with Crippen molar-refractivity contribution in [3.8, 4) is 0 Å². The molecule has 0 amide bonds. The molecule has 0 bridgehead atoms. The van der Waals surface area contributed by atoms with Gasteiger partial charge in [0, 0.05) is 11.1 Å². The van der Waals surface area contributed by atoms with E-state index in [1.165, 1.54) is 15.2 Å². The minimum absolute atomic E-state index is 0.755. The van der Waals surface area contributed by atoms with Crippen molar-refractivity contribution in [2.75, 3.05) is 0 Å². The summed E-state index contributed by atoms with van der Waals surface area (Å²) in [7, 11) is 3.16. The predicted molar refractivity (Wildman–Crippen MR) is 46.9 cm³/mol. The van der Waals surface area contributed by atoms with Crippen LogP contribution in [0.2, 0.25) is 5.02 Å². The smallest absolute Gasteiger partial charge is 0.135 e. The van der Waals surface area contributed by atoms with E-state index < -0.39 is 0 Å². The molecule has 1 aromatic carbocycles. The van der Waals surface area contributed by atoms with Crippen LogP contribution in [0.15, 0.2) is 18.2 Å². The van der Waals surface area contributed by atoms with Crippen molar-refractivity contribution >= 4 is 42.7 Å². The maximum atomic E-state index is 5.74.